The molecule has 0 aromatic heterocycles. The van der Waals surface area contributed by atoms with Crippen molar-refractivity contribution in [3.8, 4) is 0 Å². The van der Waals surface area contributed by atoms with Gasteiger partial charge < -0.3 is 15.5 Å². The Morgan fingerprint density at radius 1 is 1.16 bits per heavy atom. The van der Waals surface area contributed by atoms with Crippen LogP contribution in [0.5, 0.6) is 0 Å². The number of nitrogens with zero attached hydrogens (tertiary/aromatic N) is 2. The molecule has 1 rings (SSSR count). The van der Waals surface area contributed by atoms with E-state index < -0.39 is 0 Å². The van der Waals surface area contributed by atoms with Crippen molar-refractivity contribution < 1.29 is 0 Å². The third-order valence-electron chi connectivity index (χ3n) is 4.24. The maximum Gasteiger partial charge on any atom is 0.191 e. The second-order valence-electron chi connectivity index (χ2n) is 5.88. The van der Waals surface area contributed by atoms with E-state index in [4.69, 9.17) is 0 Å². The smallest absolute Gasteiger partial charge is 0.191 e. The summed E-state index contributed by atoms with van der Waals surface area (Å²) < 4.78 is 0. The number of hydrogen-bond acceptors (Lipinski definition) is 2. The Balaban J connectivity index is 2.31. The van der Waals surface area contributed by atoms with E-state index in [1.54, 1.807) is 0 Å². The Labute approximate surface area is 119 Å². The van der Waals surface area contributed by atoms with Crippen LogP contribution in [0.4, 0.5) is 0 Å². The molecule has 1 unspecified atom stereocenters. The predicted molar refractivity (Wildman–Crippen MR) is 83.6 cm³/mol. The van der Waals surface area contributed by atoms with Gasteiger partial charge in [0.25, 0.3) is 0 Å². The van der Waals surface area contributed by atoms with Crippen LogP contribution in [0.2, 0.25) is 0 Å². The normalized spacial score (nSPS) is 17.9. The van der Waals surface area contributed by atoms with Crippen LogP contribution in [0.1, 0.15) is 39.5 Å². The Hall–Kier alpha value is -0.770. The first kappa shape index (κ1) is 16.3. The van der Waals surface area contributed by atoms with Crippen molar-refractivity contribution in [2.45, 2.75) is 45.6 Å². The summed E-state index contributed by atoms with van der Waals surface area (Å²) >= 11 is 0. The van der Waals surface area contributed by atoms with E-state index in [0.29, 0.717) is 6.04 Å². The lowest BCUT2D eigenvalue weighted by Crippen LogP contribution is -2.46. The Kier molecular flexibility index (Phi) is 7.21. The number of rotatable bonds is 8. The van der Waals surface area contributed by atoms with Gasteiger partial charge in [-0.1, -0.05) is 26.7 Å². The van der Waals surface area contributed by atoms with Crippen LogP contribution >= 0.6 is 0 Å². The highest BCUT2D eigenvalue weighted by Gasteiger charge is 2.32. The molecular weight excluding hydrogens is 236 g/mol. The zero-order valence-corrected chi connectivity index (χ0v) is 13.4. The highest BCUT2D eigenvalue weighted by atomic mass is 15.2. The molecule has 4 nitrogen and oxygen atoms in total. The molecule has 19 heavy (non-hydrogen) atoms. The molecule has 0 amide bonds. The topological polar surface area (TPSA) is 39.7 Å². The van der Waals surface area contributed by atoms with Crippen LogP contribution in [-0.4, -0.2) is 51.1 Å². The van der Waals surface area contributed by atoms with Crippen LogP contribution in [0.25, 0.3) is 0 Å². The number of hydrogen-bond donors (Lipinski definition) is 2. The van der Waals surface area contributed by atoms with Crippen molar-refractivity contribution in [1.82, 2.24) is 15.5 Å². The molecule has 2 N–H and O–H groups in total. The van der Waals surface area contributed by atoms with Crippen LogP contribution in [0, 0.1) is 11.8 Å². The lowest BCUT2D eigenvalue weighted by atomic mass is 10.0. The fourth-order valence-electron chi connectivity index (χ4n) is 2.49. The first-order valence-corrected chi connectivity index (χ1v) is 7.73. The molecular formula is C15H32N4. The summed E-state index contributed by atoms with van der Waals surface area (Å²) in [5.74, 6) is 2.56. The average Bonchev–Trinajstić information content (AvgIpc) is 3.21. The molecule has 0 aromatic carbocycles. The van der Waals surface area contributed by atoms with Crippen molar-refractivity contribution in [2.24, 2.45) is 16.8 Å². The zero-order chi connectivity index (χ0) is 14.3. The fraction of sp³-hybridized carbons (Fsp3) is 0.933. The lowest BCUT2D eigenvalue weighted by Gasteiger charge is -2.25. The molecule has 0 spiro atoms. The van der Waals surface area contributed by atoms with Crippen LogP contribution in [0.3, 0.4) is 0 Å². The molecule has 1 fully saturated rings. The summed E-state index contributed by atoms with van der Waals surface area (Å²) in [5.41, 5.74) is 0. The second-order valence-corrected chi connectivity index (χ2v) is 5.88. The number of aliphatic imine (C=N–C) groups is 1. The summed E-state index contributed by atoms with van der Waals surface area (Å²) in [6.45, 7) is 6.51. The summed E-state index contributed by atoms with van der Waals surface area (Å²) in [7, 11) is 6.19. The first-order valence-electron chi connectivity index (χ1n) is 7.73. The van der Waals surface area contributed by atoms with Gasteiger partial charge in [-0.2, -0.15) is 0 Å². The van der Waals surface area contributed by atoms with E-state index in [-0.39, 0.29) is 0 Å². The van der Waals surface area contributed by atoms with Gasteiger partial charge in [-0.15, -0.1) is 0 Å². The number of guanidine groups is 1. The van der Waals surface area contributed by atoms with Gasteiger partial charge in [-0.25, -0.2) is 0 Å². The quantitative estimate of drug-likeness (QED) is 0.522. The van der Waals surface area contributed by atoms with Gasteiger partial charge in [0, 0.05) is 26.2 Å². The van der Waals surface area contributed by atoms with Crippen LogP contribution in [-0.2, 0) is 0 Å². The van der Waals surface area contributed by atoms with E-state index in [1.807, 2.05) is 7.05 Å². The maximum absolute atomic E-state index is 4.32. The van der Waals surface area contributed by atoms with Crippen LogP contribution < -0.4 is 10.6 Å². The Morgan fingerprint density at radius 3 is 2.16 bits per heavy atom. The number of nitrogens with one attached hydrogen (secondary N) is 2. The minimum atomic E-state index is 0.631. The van der Waals surface area contributed by atoms with Gasteiger partial charge in [-0.3, -0.25) is 4.99 Å². The molecule has 0 aliphatic heterocycles. The first-order chi connectivity index (χ1) is 9.12. The molecule has 0 saturated heterocycles. The minimum Gasteiger partial charge on any atom is -0.356 e. The van der Waals surface area contributed by atoms with Gasteiger partial charge >= 0.3 is 0 Å². The molecule has 0 radical (unpaired) electrons. The van der Waals surface area contributed by atoms with Gasteiger partial charge in [0.15, 0.2) is 5.96 Å². The molecule has 1 atom stereocenters. The SMILES string of the molecule is CCC(CC)CNC(=NC)NCC(C1CC1)N(C)C. The van der Waals surface area contributed by atoms with Crippen molar-refractivity contribution in [1.29, 1.82) is 0 Å². The Bertz CT molecular complexity index is 265. The third-order valence-corrected chi connectivity index (χ3v) is 4.24. The van der Waals surface area contributed by atoms with E-state index in [0.717, 1.165) is 30.9 Å². The van der Waals surface area contributed by atoms with E-state index in [9.17, 15) is 0 Å². The molecule has 1 aliphatic carbocycles. The summed E-state index contributed by atoms with van der Waals surface area (Å²) in [6, 6.07) is 0.631. The van der Waals surface area contributed by atoms with Crippen molar-refractivity contribution >= 4 is 5.96 Å². The van der Waals surface area contributed by atoms with Gasteiger partial charge in [0.05, 0.1) is 0 Å². The Morgan fingerprint density at radius 2 is 1.74 bits per heavy atom. The van der Waals surface area contributed by atoms with Crippen LogP contribution in [0.15, 0.2) is 4.99 Å². The number of likely N-dealkylation sites (N-methyl/N-ethyl adjacent to an activating group) is 1. The standard InChI is InChI=1S/C15H32N4/c1-6-12(7-2)10-17-15(16-3)18-11-14(19(4)5)13-8-9-13/h12-14H,6-11H2,1-5H3,(H2,16,17,18). The summed E-state index contributed by atoms with van der Waals surface area (Å²) in [4.78, 5) is 6.65. The zero-order valence-electron chi connectivity index (χ0n) is 13.4. The fourth-order valence-corrected chi connectivity index (χ4v) is 2.49. The van der Waals surface area contributed by atoms with Gasteiger partial charge in [-0.05, 0) is 38.8 Å². The monoisotopic (exact) mass is 268 g/mol. The third kappa shape index (κ3) is 5.81. The predicted octanol–water partition coefficient (Wildman–Crippen LogP) is 1.93. The summed E-state index contributed by atoms with van der Waals surface area (Å²) in [5, 5.41) is 6.92. The van der Waals surface area contributed by atoms with E-state index in [2.05, 4.69) is 48.5 Å². The average molecular weight is 268 g/mol. The molecule has 4 heteroatoms. The minimum absolute atomic E-state index is 0.631. The van der Waals surface area contributed by atoms with Crippen molar-refractivity contribution in [3.63, 3.8) is 0 Å². The van der Waals surface area contributed by atoms with E-state index >= 15 is 0 Å². The van der Waals surface area contributed by atoms with Crippen molar-refractivity contribution in [2.75, 3.05) is 34.2 Å². The summed E-state index contributed by atoms with van der Waals surface area (Å²) in [6.07, 6.45) is 5.21. The molecule has 1 saturated carbocycles. The van der Waals surface area contributed by atoms with E-state index in [1.165, 1.54) is 25.7 Å². The highest BCUT2D eigenvalue weighted by Crippen LogP contribution is 2.34. The largest absolute Gasteiger partial charge is 0.356 e. The molecule has 0 heterocycles. The molecule has 112 valence electrons. The molecule has 0 bridgehead atoms. The van der Waals surface area contributed by atoms with Gasteiger partial charge in [0.2, 0.25) is 0 Å². The molecule has 1 aliphatic rings. The van der Waals surface area contributed by atoms with Gasteiger partial charge in [0.1, 0.15) is 0 Å². The lowest BCUT2D eigenvalue weighted by molar-refractivity contribution is 0.264. The molecule has 0 aromatic rings. The van der Waals surface area contributed by atoms with Crippen molar-refractivity contribution in [3.05, 3.63) is 0 Å². The second kappa shape index (κ2) is 8.41. The maximum atomic E-state index is 4.32. The highest BCUT2D eigenvalue weighted by molar-refractivity contribution is 5.79.